The van der Waals surface area contributed by atoms with Crippen molar-refractivity contribution < 1.29 is 9.90 Å². The Bertz CT molecular complexity index is 644. The largest absolute Gasteiger partial charge is 0.481 e. The number of anilines is 1. The van der Waals surface area contributed by atoms with Crippen molar-refractivity contribution in [2.24, 2.45) is 5.92 Å². The summed E-state index contributed by atoms with van der Waals surface area (Å²) in [4.78, 5) is 21.3. The zero-order valence-electron chi connectivity index (χ0n) is 12.9. The van der Waals surface area contributed by atoms with E-state index in [-0.39, 0.29) is 6.42 Å². The van der Waals surface area contributed by atoms with Crippen LogP contribution in [-0.4, -0.2) is 49.1 Å². The molecule has 1 aliphatic rings. The molecular weight excluding hydrogens is 296 g/mol. The number of carbonyl (C=O) groups is 1. The second-order valence-corrected chi connectivity index (χ2v) is 5.84. The fourth-order valence-corrected chi connectivity index (χ4v) is 2.92. The minimum absolute atomic E-state index is 0.0859. The molecule has 1 fully saturated rings. The Morgan fingerprint density at radius 2 is 2.30 bits per heavy atom. The van der Waals surface area contributed by atoms with Crippen molar-refractivity contribution in [2.75, 3.05) is 18.0 Å². The van der Waals surface area contributed by atoms with Crippen LogP contribution in [0.3, 0.4) is 0 Å². The predicted molar refractivity (Wildman–Crippen MR) is 82.9 cm³/mol. The highest BCUT2D eigenvalue weighted by Gasteiger charge is 2.21. The van der Waals surface area contributed by atoms with Crippen molar-refractivity contribution in [1.29, 1.82) is 0 Å². The van der Waals surface area contributed by atoms with Gasteiger partial charge in [0, 0.05) is 44.6 Å². The number of aromatic nitrogens is 5. The van der Waals surface area contributed by atoms with E-state index in [0.29, 0.717) is 12.3 Å². The van der Waals surface area contributed by atoms with Gasteiger partial charge in [-0.1, -0.05) is 5.21 Å². The molecule has 1 saturated heterocycles. The predicted octanol–water partition coefficient (Wildman–Crippen LogP) is 1.00. The van der Waals surface area contributed by atoms with Crippen molar-refractivity contribution in [3.05, 3.63) is 30.5 Å². The number of aliphatic carboxylic acids is 1. The molecule has 2 aromatic rings. The lowest BCUT2D eigenvalue weighted by atomic mass is 9.98. The van der Waals surface area contributed by atoms with Crippen molar-refractivity contribution in [2.45, 2.75) is 32.2 Å². The third kappa shape index (κ3) is 4.24. The summed E-state index contributed by atoms with van der Waals surface area (Å²) >= 11 is 0. The number of piperidine rings is 1. The van der Waals surface area contributed by atoms with Gasteiger partial charge in [0.15, 0.2) is 0 Å². The summed E-state index contributed by atoms with van der Waals surface area (Å²) in [6.45, 7) is 2.70. The van der Waals surface area contributed by atoms with Crippen LogP contribution in [0, 0.1) is 5.92 Å². The van der Waals surface area contributed by atoms with Gasteiger partial charge in [-0.25, -0.2) is 4.98 Å². The van der Waals surface area contributed by atoms with Crippen LogP contribution in [0.2, 0.25) is 0 Å². The fourth-order valence-electron chi connectivity index (χ4n) is 2.92. The SMILES string of the molecule is O=C(O)CCc1cn(CC2CCCN(c3cnccn3)C2)nn1. The molecule has 1 unspecified atom stereocenters. The zero-order chi connectivity index (χ0) is 16.1. The van der Waals surface area contributed by atoms with Crippen LogP contribution in [0.1, 0.15) is 25.0 Å². The van der Waals surface area contributed by atoms with Gasteiger partial charge >= 0.3 is 5.97 Å². The van der Waals surface area contributed by atoms with Crippen LogP contribution in [0.4, 0.5) is 5.82 Å². The first-order chi connectivity index (χ1) is 11.2. The fraction of sp³-hybridized carbons (Fsp3) is 0.533. The first-order valence-corrected chi connectivity index (χ1v) is 7.82. The number of rotatable bonds is 6. The first-order valence-electron chi connectivity index (χ1n) is 7.82. The molecule has 0 bridgehead atoms. The number of aryl methyl sites for hydroxylation is 1. The van der Waals surface area contributed by atoms with E-state index < -0.39 is 5.97 Å². The van der Waals surface area contributed by atoms with Crippen LogP contribution in [-0.2, 0) is 17.8 Å². The van der Waals surface area contributed by atoms with Gasteiger partial charge in [0.1, 0.15) is 5.82 Å². The van der Waals surface area contributed by atoms with E-state index in [9.17, 15) is 4.79 Å². The molecule has 0 aromatic carbocycles. The molecule has 8 nitrogen and oxygen atoms in total. The molecule has 0 aliphatic carbocycles. The second-order valence-electron chi connectivity index (χ2n) is 5.84. The smallest absolute Gasteiger partial charge is 0.303 e. The highest BCUT2D eigenvalue weighted by molar-refractivity contribution is 5.66. The van der Waals surface area contributed by atoms with E-state index in [1.54, 1.807) is 18.6 Å². The maximum Gasteiger partial charge on any atom is 0.303 e. The number of carboxylic acid groups (broad SMARTS) is 1. The monoisotopic (exact) mass is 316 g/mol. The first kappa shape index (κ1) is 15.4. The topological polar surface area (TPSA) is 97.0 Å². The summed E-state index contributed by atoms with van der Waals surface area (Å²) in [5.41, 5.74) is 0.731. The van der Waals surface area contributed by atoms with E-state index in [2.05, 4.69) is 25.2 Å². The molecule has 0 radical (unpaired) electrons. The molecule has 0 saturated carbocycles. The lowest BCUT2D eigenvalue weighted by Gasteiger charge is -2.33. The van der Waals surface area contributed by atoms with E-state index in [1.165, 1.54) is 0 Å². The van der Waals surface area contributed by atoms with Gasteiger partial charge in [0.25, 0.3) is 0 Å². The van der Waals surface area contributed by atoms with Crippen LogP contribution in [0.5, 0.6) is 0 Å². The Balaban J connectivity index is 1.56. The van der Waals surface area contributed by atoms with Gasteiger partial charge in [0.2, 0.25) is 0 Å². The Kier molecular flexibility index (Phi) is 4.80. The number of hydrogen-bond acceptors (Lipinski definition) is 6. The summed E-state index contributed by atoms with van der Waals surface area (Å²) in [5.74, 6) is 0.573. The Morgan fingerprint density at radius 3 is 3.09 bits per heavy atom. The Hall–Kier alpha value is -2.51. The summed E-state index contributed by atoms with van der Waals surface area (Å²) in [5, 5.41) is 16.9. The molecular formula is C15H20N6O2. The number of nitrogens with zero attached hydrogens (tertiary/aromatic N) is 6. The molecule has 3 heterocycles. The minimum Gasteiger partial charge on any atom is -0.481 e. The van der Waals surface area contributed by atoms with Gasteiger partial charge < -0.3 is 10.0 Å². The standard InChI is InChI=1S/C15H20N6O2/c22-15(23)4-3-13-11-21(19-18-13)10-12-2-1-7-20(9-12)14-8-16-5-6-17-14/h5-6,8,11-12H,1-4,7,9-10H2,(H,22,23). The van der Waals surface area contributed by atoms with Gasteiger partial charge in [-0.2, -0.15) is 0 Å². The van der Waals surface area contributed by atoms with Crippen molar-refractivity contribution in [3.63, 3.8) is 0 Å². The maximum atomic E-state index is 10.6. The van der Waals surface area contributed by atoms with Crippen LogP contribution in [0.15, 0.2) is 24.8 Å². The molecule has 0 spiro atoms. The molecule has 0 amide bonds. The Morgan fingerprint density at radius 1 is 1.39 bits per heavy atom. The summed E-state index contributed by atoms with van der Waals surface area (Å²) in [7, 11) is 0. The van der Waals surface area contributed by atoms with Crippen molar-refractivity contribution >= 4 is 11.8 Å². The van der Waals surface area contributed by atoms with Crippen LogP contribution >= 0.6 is 0 Å². The van der Waals surface area contributed by atoms with E-state index in [1.807, 2.05) is 10.9 Å². The molecule has 3 rings (SSSR count). The van der Waals surface area contributed by atoms with Crippen LogP contribution in [0.25, 0.3) is 0 Å². The molecule has 1 atom stereocenters. The molecule has 2 aromatic heterocycles. The van der Waals surface area contributed by atoms with Gasteiger partial charge in [0.05, 0.1) is 18.3 Å². The maximum absolute atomic E-state index is 10.6. The van der Waals surface area contributed by atoms with Gasteiger partial charge in [-0.3, -0.25) is 14.5 Å². The minimum atomic E-state index is -0.813. The zero-order valence-corrected chi connectivity index (χ0v) is 12.9. The molecule has 1 aliphatic heterocycles. The molecule has 23 heavy (non-hydrogen) atoms. The normalized spacial score (nSPS) is 18.1. The summed E-state index contributed by atoms with van der Waals surface area (Å²) in [6, 6.07) is 0. The quantitative estimate of drug-likeness (QED) is 0.849. The lowest BCUT2D eigenvalue weighted by Crippen LogP contribution is -2.37. The van der Waals surface area contributed by atoms with Gasteiger partial charge in [-0.05, 0) is 18.8 Å². The Labute approximate surface area is 134 Å². The van der Waals surface area contributed by atoms with E-state index >= 15 is 0 Å². The van der Waals surface area contributed by atoms with Gasteiger partial charge in [-0.15, -0.1) is 5.10 Å². The molecule has 122 valence electrons. The highest BCUT2D eigenvalue weighted by Crippen LogP contribution is 2.22. The third-order valence-corrected chi connectivity index (χ3v) is 4.02. The average molecular weight is 316 g/mol. The average Bonchev–Trinajstić information content (AvgIpc) is 3.01. The second kappa shape index (κ2) is 7.17. The lowest BCUT2D eigenvalue weighted by molar-refractivity contribution is -0.136. The molecule has 1 N–H and O–H groups in total. The number of hydrogen-bond donors (Lipinski definition) is 1. The highest BCUT2D eigenvalue weighted by atomic mass is 16.4. The molecule has 8 heteroatoms. The summed E-state index contributed by atoms with van der Waals surface area (Å²) < 4.78 is 1.82. The summed E-state index contributed by atoms with van der Waals surface area (Å²) in [6.07, 6.45) is 9.80. The van der Waals surface area contributed by atoms with E-state index in [4.69, 9.17) is 5.11 Å². The van der Waals surface area contributed by atoms with Crippen molar-refractivity contribution in [1.82, 2.24) is 25.0 Å². The van der Waals surface area contributed by atoms with Crippen LogP contribution < -0.4 is 4.90 Å². The van der Waals surface area contributed by atoms with E-state index in [0.717, 1.165) is 44.0 Å². The third-order valence-electron chi connectivity index (χ3n) is 4.02. The number of carboxylic acids is 1. The van der Waals surface area contributed by atoms with Crippen molar-refractivity contribution in [3.8, 4) is 0 Å².